The van der Waals surface area contributed by atoms with Crippen molar-refractivity contribution in [3.63, 3.8) is 0 Å². The number of halogens is 2. The van der Waals surface area contributed by atoms with Crippen LogP contribution in [0.2, 0.25) is 5.02 Å². The molecule has 0 saturated heterocycles. The summed E-state index contributed by atoms with van der Waals surface area (Å²) < 4.78 is 29.6. The summed E-state index contributed by atoms with van der Waals surface area (Å²) in [5, 5.41) is 2.90. The van der Waals surface area contributed by atoms with Crippen LogP contribution >= 0.6 is 27.5 Å². The first kappa shape index (κ1) is 28.7. The summed E-state index contributed by atoms with van der Waals surface area (Å²) in [5.74, 6) is -0.902. The van der Waals surface area contributed by atoms with Gasteiger partial charge < -0.3 is 10.2 Å². The van der Waals surface area contributed by atoms with Gasteiger partial charge in [-0.2, -0.15) is 0 Å². The first-order valence-electron chi connectivity index (χ1n) is 11.5. The van der Waals surface area contributed by atoms with E-state index >= 15 is 0 Å². The fraction of sp³-hybridized carbons (Fsp3) is 0.259. The standard InChI is InChI=1S/C27H29BrClN3O4S/c1-18-8-12-24(13-9-18)37(35,36)32(25-15-23(29)11-10-19(25)2)17-26(33)31(20(3)27(34)30-4)16-21-6-5-7-22(28)14-21/h5-15,20H,16-17H2,1-4H3,(H,30,34)/t20-/m0/s1. The second kappa shape index (κ2) is 12.1. The van der Waals surface area contributed by atoms with Crippen molar-refractivity contribution in [2.24, 2.45) is 0 Å². The molecule has 0 unspecified atom stereocenters. The number of benzene rings is 3. The number of sulfonamides is 1. The zero-order valence-electron chi connectivity index (χ0n) is 21.0. The Labute approximate surface area is 231 Å². The maximum Gasteiger partial charge on any atom is 0.264 e. The first-order chi connectivity index (χ1) is 17.4. The van der Waals surface area contributed by atoms with Gasteiger partial charge in [0, 0.05) is 23.1 Å². The van der Waals surface area contributed by atoms with Gasteiger partial charge in [-0.05, 0) is 68.3 Å². The number of carbonyl (C=O) groups is 2. The zero-order chi connectivity index (χ0) is 27.3. The van der Waals surface area contributed by atoms with E-state index in [4.69, 9.17) is 11.6 Å². The van der Waals surface area contributed by atoms with E-state index in [1.807, 2.05) is 31.2 Å². The number of hydrogen-bond acceptors (Lipinski definition) is 4. The van der Waals surface area contributed by atoms with Crippen LogP contribution in [0.25, 0.3) is 0 Å². The Bertz CT molecular complexity index is 1400. The van der Waals surface area contributed by atoms with Crippen LogP contribution in [-0.4, -0.2) is 44.8 Å². The van der Waals surface area contributed by atoms with E-state index in [9.17, 15) is 18.0 Å². The van der Waals surface area contributed by atoms with E-state index in [2.05, 4.69) is 21.2 Å². The van der Waals surface area contributed by atoms with Gasteiger partial charge in [0.25, 0.3) is 10.0 Å². The van der Waals surface area contributed by atoms with Gasteiger partial charge >= 0.3 is 0 Å². The topological polar surface area (TPSA) is 86.8 Å². The van der Waals surface area contributed by atoms with Crippen LogP contribution in [0.15, 0.2) is 76.1 Å². The highest BCUT2D eigenvalue weighted by Crippen LogP contribution is 2.30. The minimum absolute atomic E-state index is 0.0446. The molecule has 37 heavy (non-hydrogen) atoms. The highest BCUT2D eigenvalue weighted by atomic mass is 79.9. The average molecular weight is 607 g/mol. The number of amides is 2. The molecule has 3 rings (SSSR count). The molecule has 10 heteroatoms. The Hall–Kier alpha value is -2.88. The lowest BCUT2D eigenvalue weighted by atomic mass is 10.1. The lowest BCUT2D eigenvalue weighted by Crippen LogP contribution is -2.50. The number of aryl methyl sites for hydroxylation is 2. The van der Waals surface area contributed by atoms with Crippen LogP contribution in [0.3, 0.4) is 0 Å². The molecule has 1 N–H and O–H groups in total. The third-order valence-corrected chi connectivity index (χ3v) is 8.49. The number of likely N-dealkylation sites (N-methyl/N-ethyl adjacent to an activating group) is 1. The predicted molar refractivity (Wildman–Crippen MR) is 150 cm³/mol. The minimum Gasteiger partial charge on any atom is -0.357 e. The lowest BCUT2D eigenvalue weighted by Gasteiger charge is -2.32. The van der Waals surface area contributed by atoms with Crippen molar-refractivity contribution in [2.45, 2.75) is 38.3 Å². The second-order valence-corrected chi connectivity index (χ2v) is 11.9. The summed E-state index contributed by atoms with van der Waals surface area (Å²) in [6, 6.07) is 17.8. The van der Waals surface area contributed by atoms with Crippen molar-refractivity contribution in [3.8, 4) is 0 Å². The summed E-state index contributed by atoms with van der Waals surface area (Å²) in [4.78, 5) is 27.8. The monoisotopic (exact) mass is 605 g/mol. The van der Waals surface area contributed by atoms with Crippen molar-refractivity contribution >= 4 is 55.1 Å². The highest BCUT2D eigenvalue weighted by Gasteiger charge is 2.33. The van der Waals surface area contributed by atoms with Gasteiger partial charge in [0.05, 0.1) is 10.6 Å². The van der Waals surface area contributed by atoms with Crippen molar-refractivity contribution in [1.82, 2.24) is 10.2 Å². The molecule has 3 aromatic carbocycles. The summed E-state index contributed by atoms with van der Waals surface area (Å²) in [6.45, 7) is 4.81. The molecule has 196 valence electrons. The minimum atomic E-state index is -4.15. The van der Waals surface area contributed by atoms with Crippen molar-refractivity contribution in [2.75, 3.05) is 17.9 Å². The van der Waals surface area contributed by atoms with Crippen LogP contribution in [-0.2, 0) is 26.2 Å². The summed E-state index contributed by atoms with van der Waals surface area (Å²) in [6.07, 6.45) is 0. The first-order valence-corrected chi connectivity index (χ1v) is 14.2. The van der Waals surface area contributed by atoms with Crippen LogP contribution in [0.4, 0.5) is 5.69 Å². The molecule has 0 aromatic heterocycles. The fourth-order valence-electron chi connectivity index (χ4n) is 3.83. The maximum atomic E-state index is 13.9. The number of rotatable bonds is 9. The molecule has 0 fully saturated rings. The van der Waals surface area contributed by atoms with Crippen molar-refractivity contribution in [3.05, 3.63) is 92.9 Å². The van der Waals surface area contributed by atoms with Gasteiger partial charge in [0.15, 0.2) is 0 Å². The summed E-state index contributed by atoms with van der Waals surface area (Å²) in [5.41, 5.74) is 2.60. The third-order valence-electron chi connectivity index (χ3n) is 5.98. The third kappa shape index (κ3) is 6.91. The SMILES string of the molecule is CNC(=O)[C@H](C)N(Cc1cccc(Br)c1)C(=O)CN(c1cc(Cl)ccc1C)S(=O)(=O)c1ccc(C)cc1. The van der Waals surface area contributed by atoms with Gasteiger partial charge in [-0.3, -0.25) is 13.9 Å². The molecular weight excluding hydrogens is 578 g/mol. The Morgan fingerprint density at radius 1 is 1.03 bits per heavy atom. The summed E-state index contributed by atoms with van der Waals surface area (Å²) in [7, 11) is -2.66. The van der Waals surface area contributed by atoms with E-state index in [1.54, 1.807) is 38.1 Å². The maximum absolute atomic E-state index is 13.9. The van der Waals surface area contributed by atoms with E-state index in [1.165, 1.54) is 30.1 Å². The van der Waals surface area contributed by atoms with Crippen molar-refractivity contribution < 1.29 is 18.0 Å². The molecular formula is C27H29BrClN3O4S. The Morgan fingerprint density at radius 3 is 2.32 bits per heavy atom. The lowest BCUT2D eigenvalue weighted by molar-refractivity contribution is -0.139. The molecule has 1 atom stereocenters. The molecule has 0 aliphatic heterocycles. The van der Waals surface area contributed by atoms with E-state index in [0.717, 1.165) is 19.9 Å². The Kier molecular flexibility index (Phi) is 9.39. The van der Waals surface area contributed by atoms with Crippen LogP contribution in [0.1, 0.15) is 23.6 Å². The number of nitrogens with one attached hydrogen (secondary N) is 1. The number of nitrogens with zero attached hydrogens (tertiary/aromatic N) is 2. The molecule has 0 saturated carbocycles. The number of anilines is 1. The fourth-order valence-corrected chi connectivity index (χ4v) is 5.91. The van der Waals surface area contributed by atoms with Crippen molar-refractivity contribution in [1.29, 1.82) is 0 Å². The smallest absolute Gasteiger partial charge is 0.264 e. The van der Waals surface area contributed by atoms with Gasteiger partial charge in [-0.15, -0.1) is 0 Å². The molecule has 2 amide bonds. The van der Waals surface area contributed by atoms with E-state index in [-0.39, 0.29) is 23.0 Å². The van der Waals surface area contributed by atoms with Gasteiger partial charge in [-0.25, -0.2) is 8.42 Å². The second-order valence-electron chi connectivity index (χ2n) is 8.70. The Balaban J connectivity index is 2.08. The van der Waals surface area contributed by atoms with Crippen LogP contribution in [0, 0.1) is 13.8 Å². The molecule has 0 aliphatic carbocycles. The zero-order valence-corrected chi connectivity index (χ0v) is 24.2. The van der Waals surface area contributed by atoms with E-state index in [0.29, 0.717) is 10.6 Å². The molecule has 0 bridgehead atoms. The molecule has 0 aliphatic rings. The largest absolute Gasteiger partial charge is 0.357 e. The normalized spacial score (nSPS) is 12.1. The molecule has 7 nitrogen and oxygen atoms in total. The van der Waals surface area contributed by atoms with Crippen LogP contribution in [0.5, 0.6) is 0 Å². The van der Waals surface area contributed by atoms with E-state index < -0.39 is 28.5 Å². The number of carbonyl (C=O) groups excluding carboxylic acids is 2. The molecule has 0 radical (unpaired) electrons. The molecule has 0 heterocycles. The van der Waals surface area contributed by atoms with Gasteiger partial charge in [0.1, 0.15) is 12.6 Å². The summed E-state index contributed by atoms with van der Waals surface area (Å²) >= 11 is 9.66. The quantitative estimate of drug-likeness (QED) is 0.368. The Morgan fingerprint density at radius 2 is 1.70 bits per heavy atom. The number of hydrogen-bond donors (Lipinski definition) is 1. The van der Waals surface area contributed by atoms with Gasteiger partial charge in [0.2, 0.25) is 11.8 Å². The molecule has 3 aromatic rings. The average Bonchev–Trinajstić information content (AvgIpc) is 2.86. The highest BCUT2D eigenvalue weighted by molar-refractivity contribution is 9.10. The van der Waals surface area contributed by atoms with Gasteiger partial charge in [-0.1, -0.05) is 63.4 Å². The molecule has 0 spiro atoms. The predicted octanol–water partition coefficient (Wildman–Crippen LogP) is 5.08. The van der Waals surface area contributed by atoms with Crippen LogP contribution < -0.4 is 9.62 Å².